The standard InChI is InChI=1S/C8H10N6OS2/c1-10-7-4(13-14-17-7)3-16-8-11-5(9)2-6(15)12-8/h2,10H,3H2,1H3,(H3,9,11,12,15). The van der Waals surface area contributed by atoms with E-state index in [4.69, 9.17) is 5.73 Å². The molecule has 0 unspecified atom stereocenters. The van der Waals surface area contributed by atoms with E-state index < -0.39 is 0 Å². The summed E-state index contributed by atoms with van der Waals surface area (Å²) in [4.78, 5) is 17.8. The SMILES string of the molecule is CNc1snnc1CSc1nc(N)cc(=O)[nH]1. The van der Waals surface area contributed by atoms with Gasteiger partial charge in [0.15, 0.2) is 5.16 Å². The summed E-state index contributed by atoms with van der Waals surface area (Å²) in [7, 11) is 1.81. The molecule has 2 rings (SSSR count). The summed E-state index contributed by atoms with van der Waals surface area (Å²) >= 11 is 2.64. The number of anilines is 2. The van der Waals surface area contributed by atoms with E-state index in [-0.39, 0.29) is 11.4 Å². The molecule has 0 atom stereocenters. The molecule has 0 aromatic carbocycles. The van der Waals surface area contributed by atoms with Gasteiger partial charge in [-0.25, -0.2) is 4.98 Å². The van der Waals surface area contributed by atoms with Crippen LogP contribution in [0.5, 0.6) is 0 Å². The van der Waals surface area contributed by atoms with Crippen molar-refractivity contribution in [2.45, 2.75) is 10.9 Å². The number of nitrogens with one attached hydrogen (secondary N) is 2. The Bertz CT molecular complexity index is 565. The van der Waals surface area contributed by atoms with Gasteiger partial charge in [-0.2, -0.15) is 0 Å². The molecule has 4 N–H and O–H groups in total. The lowest BCUT2D eigenvalue weighted by Gasteiger charge is -2.01. The van der Waals surface area contributed by atoms with Gasteiger partial charge in [0.1, 0.15) is 16.5 Å². The molecule has 0 aliphatic carbocycles. The summed E-state index contributed by atoms with van der Waals surface area (Å²) < 4.78 is 3.84. The second-order valence-electron chi connectivity index (χ2n) is 3.06. The molecule has 0 saturated heterocycles. The molecule has 0 saturated carbocycles. The normalized spacial score (nSPS) is 10.4. The first-order chi connectivity index (χ1) is 8.19. The molecule has 0 fully saturated rings. The number of nitrogens with two attached hydrogens (primary N) is 1. The van der Waals surface area contributed by atoms with Gasteiger partial charge in [-0.3, -0.25) is 4.79 Å². The maximum absolute atomic E-state index is 11.2. The summed E-state index contributed by atoms with van der Waals surface area (Å²) in [5, 5.41) is 8.36. The fourth-order valence-corrected chi connectivity index (χ4v) is 2.59. The van der Waals surface area contributed by atoms with E-state index in [1.54, 1.807) is 0 Å². The van der Waals surface area contributed by atoms with Gasteiger partial charge in [0.25, 0.3) is 5.56 Å². The lowest BCUT2D eigenvalue weighted by molar-refractivity contribution is 0.942. The Morgan fingerprint density at radius 3 is 3.18 bits per heavy atom. The fraction of sp³-hybridized carbons (Fsp3) is 0.250. The third-order valence-corrected chi connectivity index (χ3v) is 3.54. The van der Waals surface area contributed by atoms with Gasteiger partial charge in [-0.05, 0) is 0 Å². The zero-order valence-electron chi connectivity index (χ0n) is 8.93. The molecule has 90 valence electrons. The largest absolute Gasteiger partial charge is 0.383 e. The Labute approximate surface area is 105 Å². The topological polar surface area (TPSA) is 110 Å². The Morgan fingerprint density at radius 1 is 1.65 bits per heavy atom. The van der Waals surface area contributed by atoms with E-state index >= 15 is 0 Å². The second-order valence-corrected chi connectivity index (χ2v) is 4.78. The number of thioether (sulfide) groups is 1. The molecular weight excluding hydrogens is 260 g/mol. The predicted molar refractivity (Wildman–Crippen MR) is 68.3 cm³/mol. The van der Waals surface area contributed by atoms with Crippen LogP contribution in [-0.4, -0.2) is 26.6 Å². The first-order valence-corrected chi connectivity index (χ1v) is 6.43. The maximum atomic E-state index is 11.2. The minimum atomic E-state index is -0.259. The van der Waals surface area contributed by atoms with Crippen LogP contribution in [0.15, 0.2) is 16.0 Å². The van der Waals surface area contributed by atoms with Crippen molar-refractivity contribution in [2.24, 2.45) is 0 Å². The molecule has 2 aromatic heterocycles. The van der Waals surface area contributed by atoms with Crippen LogP contribution in [0.3, 0.4) is 0 Å². The molecule has 0 radical (unpaired) electrons. The number of aromatic nitrogens is 4. The molecule has 7 nitrogen and oxygen atoms in total. The maximum Gasteiger partial charge on any atom is 0.253 e. The van der Waals surface area contributed by atoms with Crippen LogP contribution >= 0.6 is 23.3 Å². The van der Waals surface area contributed by atoms with Gasteiger partial charge in [0.2, 0.25) is 0 Å². The molecule has 0 bridgehead atoms. The number of hydrogen-bond acceptors (Lipinski definition) is 8. The number of hydrogen-bond donors (Lipinski definition) is 3. The van der Waals surface area contributed by atoms with Crippen LogP contribution in [0.4, 0.5) is 10.8 Å². The van der Waals surface area contributed by atoms with Gasteiger partial charge in [-0.15, -0.1) is 5.10 Å². The number of H-pyrrole nitrogens is 1. The van der Waals surface area contributed by atoms with Crippen molar-refractivity contribution >= 4 is 34.1 Å². The van der Waals surface area contributed by atoms with Gasteiger partial charge >= 0.3 is 0 Å². The van der Waals surface area contributed by atoms with E-state index in [9.17, 15) is 4.79 Å². The molecule has 2 heterocycles. The zero-order chi connectivity index (χ0) is 12.3. The van der Waals surface area contributed by atoms with Gasteiger partial charge < -0.3 is 16.0 Å². The monoisotopic (exact) mass is 270 g/mol. The Hall–Kier alpha value is -1.61. The lowest BCUT2D eigenvalue weighted by Crippen LogP contribution is -2.09. The van der Waals surface area contributed by atoms with Gasteiger partial charge in [0.05, 0.1) is 0 Å². The van der Waals surface area contributed by atoms with Crippen molar-refractivity contribution in [3.63, 3.8) is 0 Å². The number of nitrogen functional groups attached to an aromatic ring is 1. The van der Waals surface area contributed by atoms with Crippen LogP contribution in [0.25, 0.3) is 0 Å². The van der Waals surface area contributed by atoms with E-state index in [1.807, 2.05) is 7.05 Å². The molecule has 0 amide bonds. The van der Waals surface area contributed by atoms with Crippen molar-refractivity contribution in [1.29, 1.82) is 0 Å². The minimum Gasteiger partial charge on any atom is -0.383 e. The molecule has 0 aliphatic rings. The van der Waals surface area contributed by atoms with Crippen LogP contribution < -0.4 is 16.6 Å². The fourth-order valence-electron chi connectivity index (χ4n) is 1.15. The molecular formula is C8H10N6OS2. The lowest BCUT2D eigenvalue weighted by atomic mass is 10.5. The van der Waals surface area contributed by atoms with Crippen molar-refractivity contribution in [1.82, 2.24) is 19.6 Å². The van der Waals surface area contributed by atoms with E-state index in [0.717, 1.165) is 10.7 Å². The van der Waals surface area contributed by atoms with Crippen molar-refractivity contribution in [3.05, 3.63) is 22.1 Å². The van der Waals surface area contributed by atoms with Gasteiger partial charge in [-0.1, -0.05) is 16.3 Å². The highest BCUT2D eigenvalue weighted by atomic mass is 32.2. The first kappa shape index (κ1) is 11.9. The highest BCUT2D eigenvalue weighted by molar-refractivity contribution is 7.98. The van der Waals surface area contributed by atoms with Crippen molar-refractivity contribution in [2.75, 3.05) is 18.1 Å². The average molecular weight is 270 g/mol. The van der Waals surface area contributed by atoms with Crippen LogP contribution in [0, 0.1) is 0 Å². The number of nitrogens with zero attached hydrogens (tertiary/aromatic N) is 3. The third-order valence-electron chi connectivity index (χ3n) is 1.87. The average Bonchev–Trinajstić information content (AvgIpc) is 2.72. The summed E-state index contributed by atoms with van der Waals surface area (Å²) in [6.45, 7) is 0. The molecule has 17 heavy (non-hydrogen) atoms. The first-order valence-electron chi connectivity index (χ1n) is 4.67. The Balaban J connectivity index is 2.09. The molecule has 0 aliphatic heterocycles. The van der Waals surface area contributed by atoms with Crippen molar-refractivity contribution < 1.29 is 0 Å². The van der Waals surface area contributed by atoms with E-state index in [2.05, 4.69) is 24.9 Å². The van der Waals surface area contributed by atoms with Crippen molar-refractivity contribution in [3.8, 4) is 0 Å². The van der Waals surface area contributed by atoms with Crippen LogP contribution in [0.2, 0.25) is 0 Å². The Morgan fingerprint density at radius 2 is 2.47 bits per heavy atom. The Kier molecular flexibility index (Phi) is 3.59. The quantitative estimate of drug-likeness (QED) is 0.549. The minimum absolute atomic E-state index is 0.210. The predicted octanol–water partition coefficient (Wildman–Crippen LogP) is 0.538. The van der Waals surface area contributed by atoms with Crippen LogP contribution in [0.1, 0.15) is 5.69 Å². The molecule has 2 aromatic rings. The summed E-state index contributed by atoms with van der Waals surface area (Å²) in [6, 6.07) is 1.24. The highest BCUT2D eigenvalue weighted by Gasteiger charge is 2.08. The van der Waals surface area contributed by atoms with E-state index in [1.165, 1.54) is 29.4 Å². The molecule has 9 heteroatoms. The van der Waals surface area contributed by atoms with E-state index in [0.29, 0.717) is 10.9 Å². The summed E-state index contributed by atoms with van der Waals surface area (Å²) in [6.07, 6.45) is 0. The third kappa shape index (κ3) is 2.94. The summed E-state index contributed by atoms with van der Waals surface area (Å²) in [5.41, 5.74) is 6.05. The highest BCUT2D eigenvalue weighted by Crippen LogP contribution is 2.24. The number of aromatic amines is 1. The zero-order valence-corrected chi connectivity index (χ0v) is 10.6. The summed E-state index contributed by atoms with van der Waals surface area (Å²) in [5.74, 6) is 0.778. The smallest absolute Gasteiger partial charge is 0.253 e. The molecule has 0 spiro atoms. The number of rotatable bonds is 4. The van der Waals surface area contributed by atoms with Gasteiger partial charge in [0, 0.05) is 30.4 Å². The van der Waals surface area contributed by atoms with Crippen LogP contribution in [-0.2, 0) is 5.75 Å². The second kappa shape index (κ2) is 5.15.